The third kappa shape index (κ3) is 4.26. The predicted molar refractivity (Wildman–Crippen MR) is 67.4 cm³/mol. The number of amides is 1. The summed E-state index contributed by atoms with van der Waals surface area (Å²) >= 11 is 1.65. The monoisotopic (exact) mass is 241 g/mol. The fourth-order valence-electron chi connectivity index (χ4n) is 1.27. The van der Waals surface area contributed by atoms with Gasteiger partial charge in [-0.3, -0.25) is 9.48 Å². The van der Waals surface area contributed by atoms with Crippen molar-refractivity contribution in [2.45, 2.75) is 32.1 Å². The third-order valence-corrected chi connectivity index (χ3v) is 3.25. The number of thioether (sulfide) groups is 1. The average Bonchev–Trinajstić information content (AvgIpc) is 2.62. The van der Waals surface area contributed by atoms with Crippen LogP contribution >= 0.6 is 11.8 Å². The van der Waals surface area contributed by atoms with Crippen molar-refractivity contribution < 1.29 is 4.79 Å². The number of nitrogens with one attached hydrogen (secondary N) is 1. The molecule has 0 radical (unpaired) electrons. The molecule has 1 atom stereocenters. The maximum Gasteiger partial charge on any atom is 0.230 e. The fraction of sp³-hybridized carbons (Fsp3) is 0.636. The molecule has 1 aromatic heterocycles. The molecule has 1 amide bonds. The van der Waals surface area contributed by atoms with E-state index in [9.17, 15) is 4.79 Å². The zero-order valence-electron chi connectivity index (χ0n) is 10.2. The van der Waals surface area contributed by atoms with Crippen LogP contribution in [0.25, 0.3) is 0 Å². The van der Waals surface area contributed by atoms with Crippen LogP contribution in [0.2, 0.25) is 0 Å². The Morgan fingerprint density at radius 3 is 2.75 bits per heavy atom. The van der Waals surface area contributed by atoms with Gasteiger partial charge < -0.3 is 5.32 Å². The molecule has 0 spiro atoms. The molecule has 0 saturated heterocycles. The van der Waals surface area contributed by atoms with E-state index in [1.54, 1.807) is 22.6 Å². The molecule has 0 fully saturated rings. The first-order chi connectivity index (χ1) is 7.49. The normalized spacial score (nSPS) is 12.8. The van der Waals surface area contributed by atoms with Gasteiger partial charge in [-0.25, -0.2) is 0 Å². The Bertz CT molecular complexity index is 349. The molecular weight excluding hydrogens is 222 g/mol. The maximum absolute atomic E-state index is 11.6. The van der Waals surface area contributed by atoms with Gasteiger partial charge in [0.2, 0.25) is 5.91 Å². The lowest BCUT2D eigenvalue weighted by molar-refractivity contribution is -0.119. The van der Waals surface area contributed by atoms with E-state index >= 15 is 0 Å². The lowest BCUT2D eigenvalue weighted by Crippen LogP contribution is -2.28. The van der Waals surface area contributed by atoms with Crippen molar-refractivity contribution in [1.29, 1.82) is 0 Å². The number of carbonyl (C=O) groups excluding carboxylic acids is 1. The molecule has 0 aliphatic rings. The predicted octanol–water partition coefficient (Wildman–Crippen LogP) is 1.74. The van der Waals surface area contributed by atoms with Crippen LogP contribution in [-0.2, 0) is 11.8 Å². The van der Waals surface area contributed by atoms with Crippen molar-refractivity contribution in [3.05, 3.63) is 18.0 Å². The van der Waals surface area contributed by atoms with Gasteiger partial charge in [-0.2, -0.15) is 5.10 Å². The summed E-state index contributed by atoms with van der Waals surface area (Å²) in [6, 6.07) is 0.0222. The van der Waals surface area contributed by atoms with E-state index < -0.39 is 0 Å². The molecule has 90 valence electrons. The minimum Gasteiger partial charge on any atom is -0.349 e. The second kappa shape index (κ2) is 5.94. The molecule has 16 heavy (non-hydrogen) atoms. The van der Waals surface area contributed by atoms with E-state index in [-0.39, 0.29) is 11.9 Å². The molecular formula is C11H19N3OS. The Kier molecular flexibility index (Phi) is 4.86. The van der Waals surface area contributed by atoms with Gasteiger partial charge in [-0.1, -0.05) is 13.8 Å². The van der Waals surface area contributed by atoms with Crippen molar-refractivity contribution in [3.63, 3.8) is 0 Å². The lowest BCUT2D eigenvalue weighted by atomic mass is 10.2. The van der Waals surface area contributed by atoms with E-state index in [2.05, 4.69) is 24.3 Å². The summed E-state index contributed by atoms with van der Waals surface area (Å²) < 4.78 is 1.74. The van der Waals surface area contributed by atoms with E-state index in [0.29, 0.717) is 11.0 Å². The Morgan fingerprint density at radius 2 is 2.25 bits per heavy atom. The maximum atomic E-state index is 11.6. The van der Waals surface area contributed by atoms with Gasteiger partial charge in [0.25, 0.3) is 0 Å². The first-order valence-electron chi connectivity index (χ1n) is 5.38. The van der Waals surface area contributed by atoms with Gasteiger partial charge in [0.15, 0.2) is 0 Å². The second-order valence-corrected chi connectivity index (χ2v) is 5.66. The molecule has 1 aromatic rings. The number of aromatic nitrogens is 2. The highest BCUT2D eigenvalue weighted by atomic mass is 32.2. The fourth-order valence-corrected chi connectivity index (χ4v) is 1.84. The van der Waals surface area contributed by atoms with Crippen LogP contribution < -0.4 is 5.32 Å². The standard InChI is InChI=1S/C11H19N3OS/c1-8(2)16-7-11(15)13-9(3)10-5-12-14(4)6-10/h5-6,8-9H,7H2,1-4H3,(H,13,15)/t9-/m1/s1. The minimum absolute atomic E-state index is 0.0222. The molecule has 0 bridgehead atoms. The average molecular weight is 241 g/mol. The van der Waals surface area contributed by atoms with E-state index in [1.165, 1.54) is 0 Å². The summed E-state index contributed by atoms with van der Waals surface area (Å²) in [5.74, 6) is 0.595. The molecule has 4 nitrogen and oxygen atoms in total. The number of nitrogens with zero attached hydrogens (tertiary/aromatic N) is 2. The molecule has 0 unspecified atom stereocenters. The van der Waals surface area contributed by atoms with E-state index in [4.69, 9.17) is 0 Å². The van der Waals surface area contributed by atoms with Gasteiger partial charge in [-0.15, -0.1) is 11.8 Å². The van der Waals surface area contributed by atoms with Crippen LogP contribution in [0.5, 0.6) is 0 Å². The van der Waals surface area contributed by atoms with Gasteiger partial charge in [0.1, 0.15) is 0 Å². The Labute approximate surface area is 101 Å². The van der Waals surface area contributed by atoms with Crippen LogP contribution in [0.4, 0.5) is 0 Å². The molecule has 0 aromatic carbocycles. The SMILES string of the molecule is CC(C)SCC(=O)N[C@H](C)c1cnn(C)c1. The summed E-state index contributed by atoms with van der Waals surface area (Å²) in [5.41, 5.74) is 1.03. The first kappa shape index (κ1) is 13.1. The third-order valence-electron chi connectivity index (χ3n) is 2.15. The first-order valence-corrected chi connectivity index (χ1v) is 6.43. The Balaban J connectivity index is 2.39. The van der Waals surface area contributed by atoms with Gasteiger partial charge in [0.05, 0.1) is 18.0 Å². The molecule has 1 heterocycles. The Hall–Kier alpha value is -0.970. The topological polar surface area (TPSA) is 46.9 Å². The number of aryl methyl sites for hydroxylation is 1. The summed E-state index contributed by atoms with van der Waals surface area (Å²) in [7, 11) is 1.87. The van der Waals surface area contributed by atoms with Crippen molar-refractivity contribution in [2.24, 2.45) is 7.05 Å². The number of rotatable bonds is 5. The summed E-state index contributed by atoms with van der Waals surface area (Å²) in [6.07, 6.45) is 3.70. The summed E-state index contributed by atoms with van der Waals surface area (Å²) in [6.45, 7) is 6.14. The second-order valence-electron chi connectivity index (χ2n) is 4.10. The molecule has 1 N–H and O–H groups in total. The Morgan fingerprint density at radius 1 is 1.56 bits per heavy atom. The minimum atomic E-state index is 0.0222. The van der Waals surface area contributed by atoms with Crippen molar-refractivity contribution >= 4 is 17.7 Å². The molecule has 0 saturated carbocycles. The van der Waals surface area contributed by atoms with Crippen LogP contribution in [-0.4, -0.2) is 26.7 Å². The van der Waals surface area contributed by atoms with Crippen molar-refractivity contribution in [2.75, 3.05) is 5.75 Å². The zero-order valence-corrected chi connectivity index (χ0v) is 11.0. The molecule has 1 rings (SSSR count). The molecule has 5 heteroatoms. The lowest BCUT2D eigenvalue weighted by Gasteiger charge is -2.12. The summed E-state index contributed by atoms with van der Waals surface area (Å²) in [5, 5.41) is 7.52. The number of hydrogen-bond acceptors (Lipinski definition) is 3. The number of carbonyl (C=O) groups is 1. The van der Waals surface area contributed by atoms with E-state index in [1.807, 2.05) is 20.2 Å². The zero-order chi connectivity index (χ0) is 12.1. The van der Waals surface area contributed by atoms with E-state index in [0.717, 1.165) is 5.56 Å². The van der Waals surface area contributed by atoms with Crippen LogP contribution in [0.3, 0.4) is 0 Å². The van der Waals surface area contributed by atoms with Gasteiger partial charge in [-0.05, 0) is 12.2 Å². The van der Waals surface area contributed by atoms with Crippen LogP contribution in [0.15, 0.2) is 12.4 Å². The molecule has 0 aliphatic heterocycles. The highest BCUT2D eigenvalue weighted by Crippen LogP contribution is 2.12. The van der Waals surface area contributed by atoms with Crippen molar-refractivity contribution in [1.82, 2.24) is 15.1 Å². The molecule has 0 aliphatic carbocycles. The van der Waals surface area contributed by atoms with Crippen LogP contribution in [0.1, 0.15) is 32.4 Å². The smallest absolute Gasteiger partial charge is 0.230 e. The summed E-state index contributed by atoms with van der Waals surface area (Å²) in [4.78, 5) is 11.6. The highest BCUT2D eigenvalue weighted by Gasteiger charge is 2.11. The number of hydrogen-bond donors (Lipinski definition) is 1. The highest BCUT2D eigenvalue weighted by molar-refractivity contribution is 8.00. The quantitative estimate of drug-likeness (QED) is 0.854. The van der Waals surface area contributed by atoms with Gasteiger partial charge in [0, 0.05) is 18.8 Å². The largest absolute Gasteiger partial charge is 0.349 e. The van der Waals surface area contributed by atoms with Gasteiger partial charge >= 0.3 is 0 Å². The van der Waals surface area contributed by atoms with Crippen LogP contribution in [0, 0.1) is 0 Å². The van der Waals surface area contributed by atoms with Crippen molar-refractivity contribution in [3.8, 4) is 0 Å².